The second-order valence-electron chi connectivity index (χ2n) is 7.37. The summed E-state index contributed by atoms with van der Waals surface area (Å²) in [6.07, 6.45) is 6.45. The van der Waals surface area contributed by atoms with E-state index >= 15 is 0 Å². The first-order valence-corrected chi connectivity index (χ1v) is 11.1. The highest BCUT2D eigenvalue weighted by Crippen LogP contribution is 2.34. The molecule has 24 heavy (non-hydrogen) atoms. The van der Waals surface area contributed by atoms with E-state index in [2.05, 4.69) is 48.3 Å². The van der Waals surface area contributed by atoms with E-state index in [0.717, 1.165) is 17.4 Å². The molecule has 0 amide bonds. The molecule has 7 heteroatoms. The molecule has 1 fully saturated rings. The van der Waals surface area contributed by atoms with Crippen LogP contribution in [0.1, 0.15) is 50.4 Å². The van der Waals surface area contributed by atoms with Crippen molar-refractivity contribution in [2.24, 2.45) is 0 Å². The summed E-state index contributed by atoms with van der Waals surface area (Å²) in [6.45, 7) is 9.98. The van der Waals surface area contributed by atoms with E-state index in [-0.39, 0.29) is 5.41 Å². The van der Waals surface area contributed by atoms with Gasteiger partial charge in [0.05, 0.1) is 16.2 Å². The third-order valence-electron chi connectivity index (χ3n) is 4.10. The molecular formula is C17H26N4S3. The SMILES string of the molecule is C[C@H]1CC[C@@H](Nc2ncc(SCc3ncc(C(C)(C)C)s3)s2)CN1. The van der Waals surface area contributed by atoms with Crippen LogP contribution in [0.4, 0.5) is 5.13 Å². The van der Waals surface area contributed by atoms with Gasteiger partial charge in [-0.1, -0.05) is 32.1 Å². The first kappa shape index (κ1) is 18.2. The summed E-state index contributed by atoms with van der Waals surface area (Å²) in [5.74, 6) is 0.922. The molecule has 2 atom stereocenters. The predicted octanol–water partition coefficient (Wildman–Crippen LogP) is 4.74. The Bertz CT molecular complexity index is 651. The van der Waals surface area contributed by atoms with Crippen molar-refractivity contribution in [2.75, 3.05) is 11.9 Å². The third-order valence-corrected chi connectivity index (χ3v) is 7.84. The van der Waals surface area contributed by atoms with Crippen molar-refractivity contribution < 1.29 is 0 Å². The lowest BCUT2D eigenvalue weighted by Crippen LogP contribution is -2.43. The molecule has 1 aliphatic heterocycles. The number of nitrogens with zero attached hydrogens (tertiary/aromatic N) is 2. The topological polar surface area (TPSA) is 49.8 Å². The molecule has 0 aromatic carbocycles. The maximum Gasteiger partial charge on any atom is 0.183 e. The number of hydrogen-bond donors (Lipinski definition) is 2. The van der Waals surface area contributed by atoms with E-state index < -0.39 is 0 Å². The van der Waals surface area contributed by atoms with Crippen molar-refractivity contribution in [2.45, 2.75) is 68.0 Å². The van der Waals surface area contributed by atoms with E-state index in [1.807, 2.05) is 35.5 Å². The van der Waals surface area contributed by atoms with Gasteiger partial charge in [0, 0.05) is 29.7 Å². The molecule has 0 saturated carbocycles. The van der Waals surface area contributed by atoms with Crippen molar-refractivity contribution in [3.63, 3.8) is 0 Å². The molecule has 2 aromatic heterocycles. The number of hydrogen-bond acceptors (Lipinski definition) is 7. The zero-order valence-corrected chi connectivity index (χ0v) is 17.2. The highest BCUT2D eigenvalue weighted by atomic mass is 32.2. The lowest BCUT2D eigenvalue weighted by Gasteiger charge is -2.28. The highest BCUT2D eigenvalue weighted by Gasteiger charge is 2.19. The number of rotatable bonds is 5. The van der Waals surface area contributed by atoms with Gasteiger partial charge in [0.1, 0.15) is 5.01 Å². The number of thioether (sulfide) groups is 1. The van der Waals surface area contributed by atoms with Gasteiger partial charge >= 0.3 is 0 Å². The lowest BCUT2D eigenvalue weighted by molar-refractivity contribution is 0.398. The van der Waals surface area contributed by atoms with Crippen LogP contribution in [0.15, 0.2) is 16.6 Å². The maximum absolute atomic E-state index is 4.56. The van der Waals surface area contributed by atoms with E-state index in [1.54, 1.807) is 11.3 Å². The van der Waals surface area contributed by atoms with Gasteiger partial charge in [-0.25, -0.2) is 9.97 Å². The fraction of sp³-hybridized carbons (Fsp3) is 0.647. The largest absolute Gasteiger partial charge is 0.357 e. The van der Waals surface area contributed by atoms with Crippen LogP contribution < -0.4 is 10.6 Å². The standard InChI is InChI=1S/C17H26N4S3/c1-11-5-6-12(7-18-11)21-16-20-9-15(24-16)22-10-14-19-8-13(23-14)17(2,3)4/h8-9,11-12,18H,5-7,10H2,1-4H3,(H,20,21)/t11-,12+/m0/s1. The van der Waals surface area contributed by atoms with Gasteiger partial charge in [-0.3, -0.25) is 0 Å². The van der Waals surface area contributed by atoms with Crippen LogP contribution in [0.3, 0.4) is 0 Å². The molecule has 2 N–H and O–H groups in total. The van der Waals surface area contributed by atoms with Crippen LogP contribution in [0.5, 0.6) is 0 Å². The monoisotopic (exact) mass is 382 g/mol. The molecule has 3 rings (SSSR count). The predicted molar refractivity (Wildman–Crippen MR) is 107 cm³/mol. The summed E-state index contributed by atoms with van der Waals surface area (Å²) in [5.41, 5.74) is 0.188. The van der Waals surface area contributed by atoms with Gasteiger partial charge in [-0.2, -0.15) is 0 Å². The number of nitrogens with one attached hydrogen (secondary N) is 2. The second-order valence-corrected chi connectivity index (χ2v) is 10.8. The normalized spacial score (nSPS) is 21.8. The number of aromatic nitrogens is 2. The minimum atomic E-state index is 0.188. The van der Waals surface area contributed by atoms with Crippen molar-refractivity contribution in [3.05, 3.63) is 22.3 Å². The van der Waals surface area contributed by atoms with Crippen LogP contribution in [0.2, 0.25) is 0 Å². The van der Waals surface area contributed by atoms with E-state index in [9.17, 15) is 0 Å². The molecule has 2 aromatic rings. The summed E-state index contributed by atoms with van der Waals surface area (Å²) in [4.78, 5) is 10.4. The zero-order valence-electron chi connectivity index (χ0n) is 14.8. The first-order valence-electron chi connectivity index (χ1n) is 8.44. The van der Waals surface area contributed by atoms with Gasteiger partial charge in [-0.15, -0.1) is 23.1 Å². The number of thiazole rings is 2. The first-order chi connectivity index (χ1) is 11.4. The Morgan fingerprint density at radius 3 is 2.75 bits per heavy atom. The van der Waals surface area contributed by atoms with E-state index in [0.29, 0.717) is 12.1 Å². The minimum Gasteiger partial charge on any atom is -0.357 e. The molecule has 0 aliphatic carbocycles. The molecule has 0 bridgehead atoms. The van der Waals surface area contributed by atoms with Gasteiger partial charge in [0.25, 0.3) is 0 Å². The van der Waals surface area contributed by atoms with Crippen LogP contribution in [-0.4, -0.2) is 28.6 Å². The zero-order chi connectivity index (χ0) is 17.2. The average molecular weight is 383 g/mol. The molecular weight excluding hydrogens is 356 g/mol. The molecule has 4 nitrogen and oxygen atoms in total. The third kappa shape index (κ3) is 4.94. The van der Waals surface area contributed by atoms with Gasteiger partial charge < -0.3 is 10.6 Å². The quantitative estimate of drug-likeness (QED) is 0.731. The molecule has 3 heterocycles. The lowest BCUT2D eigenvalue weighted by atomic mass is 9.96. The van der Waals surface area contributed by atoms with Crippen LogP contribution in [-0.2, 0) is 11.2 Å². The smallest absolute Gasteiger partial charge is 0.183 e. The summed E-state index contributed by atoms with van der Waals surface area (Å²) in [7, 11) is 0. The molecule has 1 saturated heterocycles. The highest BCUT2D eigenvalue weighted by molar-refractivity contribution is 8.00. The minimum absolute atomic E-state index is 0.188. The van der Waals surface area contributed by atoms with Crippen molar-refractivity contribution >= 4 is 39.6 Å². The Morgan fingerprint density at radius 1 is 1.25 bits per heavy atom. The fourth-order valence-corrected chi connectivity index (χ4v) is 5.47. The van der Waals surface area contributed by atoms with Gasteiger partial charge in [0.2, 0.25) is 0 Å². The van der Waals surface area contributed by atoms with E-state index in [4.69, 9.17) is 0 Å². The maximum atomic E-state index is 4.56. The molecule has 132 valence electrons. The second kappa shape index (κ2) is 7.72. The van der Waals surface area contributed by atoms with Crippen molar-refractivity contribution in [1.29, 1.82) is 0 Å². The summed E-state index contributed by atoms with van der Waals surface area (Å²) in [5, 5.41) is 9.31. The van der Waals surface area contributed by atoms with Gasteiger partial charge in [-0.05, 0) is 25.2 Å². The number of piperidine rings is 1. The Labute approximate surface area is 156 Å². The summed E-state index contributed by atoms with van der Waals surface area (Å²) >= 11 is 5.40. The Hall–Kier alpha value is -0.630. The Morgan fingerprint density at radius 2 is 2.08 bits per heavy atom. The van der Waals surface area contributed by atoms with Crippen molar-refractivity contribution in [3.8, 4) is 0 Å². The average Bonchev–Trinajstić information content (AvgIpc) is 3.16. The number of anilines is 1. The van der Waals surface area contributed by atoms with Crippen LogP contribution in [0.25, 0.3) is 0 Å². The van der Waals surface area contributed by atoms with E-state index in [1.165, 1.54) is 26.9 Å². The molecule has 0 unspecified atom stereocenters. The summed E-state index contributed by atoms with van der Waals surface area (Å²) < 4.78 is 1.25. The molecule has 0 radical (unpaired) electrons. The van der Waals surface area contributed by atoms with Crippen LogP contribution >= 0.6 is 34.4 Å². The fourth-order valence-electron chi connectivity index (χ4n) is 2.55. The Balaban J connectivity index is 1.50. The van der Waals surface area contributed by atoms with Crippen LogP contribution in [0, 0.1) is 0 Å². The van der Waals surface area contributed by atoms with Gasteiger partial charge in [0.15, 0.2) is 5.13 Å². The molecule has 0 spiro atoms. The van der Waals surface area contributed by atoms with Crippen molar-refractivity contribution in [1.82, 2.24) is 15.3 Å². The summed E-state index contributed by atoms with van der Waals surface area (Å²) in [6, 6.07) is 1.14. The Kier molecular flexibility index (Phi) is 5.85. The molecule has 1 aliphatic rings.